The van der Waals surface area contributed by atoms with E-state index in [-0.39, 0.29) is 5.02 Å². The number of aryl methyl sites for hydroxylation is 1. The van der Waals surface area contributed by atoms with Crippen LogP contribution < -0.4 is 4.74 Å². The van der Waals surface area contributed by atoms with Crippen LogP contribution in [-0.4, -0.2) is 12.2 Å². The molecule has 1 atom stereocenters. The fraction of sp³-hybridized carbons (Fsp3) is 0.250. The van der Waals surface area contributed by atoms with Crippen LogP contribution in [0, 0.1) is 19.7 Å². The highest BCUT2D eigenvalue weighted by molar-refractivity contribution is 9.10. The van der Waals surface area contributed by atoms with Crippen LogP contribution in [0.15, 0.2) is 28.7 Å². The molecule has 2 nitrogen and oxygen atoms in total. The Hall–Kier alpha value is -1.10. The minimum absolute atomic E-state index is 0.182. The molecule has 0 radical (unpaired) electrons. The topological polar surface area (TPSA) is 29.5 Å². The van der Waals surface area contributed by atoms with E-state index in [4.69, 9.17) is 16.3 Å². The molecule has 2 rings (SSSR count). The molecule has 1 unspecified atom stereocenters. The molecule has 21 heavy (non-hydrogen) atoms. The normalized spacial score (nSPS) is 12.3. The molecule has 0 fully saturated rings. The average Bonchev–Trinajstić information content (AvgIpc) is 2.41. The van der Waals surface area contributed by atoms with Gasteiger partial charge in [-0.25, -0.2) is 4.39 Å². The van der Waals surface area contributed by atoms with E-state index < -0.39 is 11.9 Å². The van der Waals surface area contributed by atoms with E-state index in [1.807, 2.05) is 19.9 Å². The maximum atomic E-state index is 13.2. The molecule has 0 heterocycles. The Morgan fingerprint density at radius 2 is 1.95 bits per heavy atom. The molecule has 0 aromatic heterocycles. The average molecular weight is 374 g/mol. The predicted octanol–water partition coefficient (Wildman–Crippen LogP) is 4.95. The first-order valence-electron chi connectivity index (χ1n) is 6.33. The van der Waals surface area contributed by atoms with Crippen molar-refractivity contribution in [3.8, 4) is 5.75 Å². The highest BCUT2D eigenvalue weighted by Gasteiger charge is 2.23. The van der Waals surface area contributed by atoms with Gasteiger partial charge in [0.05, 0.1) is 7.11 Å². The van der Waals surface area contributed by atoms with Gasteiger partial charge in [0.1, 0.15) is 17.7 Å². The number of aliphatic hydroxyl groups excluding tert-OH is 1. The Labute approximate surface area is 136 Å². The van der Waals surface area contributed by atoms with Crippen molar-refractivity contribution in [1.82, 2.24) is 0 Å². The smallest absolute Gasteiger partial charge is 0.128 e. The molecule has 1 N–H and O–H groups in total. The molecule has 0 saturated heterocycles. The van der Waals surface area contributed by atoms with Gasteiger partial charge in [0.2, 0.25) is 0 Å². The van der Waals surface area contributed by atoms with Gasteiger partial charge in [0.15, 0.2) is 0 Å². The molecule has 0 spiro atoms. The summed E-state index contributed by atoms with van der Waals surface area (Å²) in [5.41, 5.74) is 2.81. The van der Waals surface area contributed by atoms with Crippen molar-refractivity contribution >= 4 is 27.5 Å². The molecule has 0 saturated carbocycles. The summed E-state index contributed by atoms with van der Waals surface area (Å²) >= 11 is 9.52. The van der Waals surface area contributed by atoms with Gasteiger partial charge in [-0.1, -0.05) is 33.6 Å². The molecule has 2 aromatic carbocycles. The first-order chi connectivity index (χ1) is 9.86. The second kappa shape index (κ2) is 6.34. The summed E-state index contributed by atoms with van der Waals surface area (Å²) in [6.45, 7) is 3.77. The van der Waals surface area contributed by atoms with Crippen molar-refractivity contribution in [2.24, 2.45) is 0 Å². The second-order valence-corrected chi connectivity index (χ2v) is 6.08. The number of hydrogen-bond donors (Lipinski definition) is 1. The SMILES string of the molecule is COc1c(C)cc(Br)c(C)c1C(O)c1ccc(F)cc1Cl. The van der Waals surface area contributed by atoms with Gasteiger partial charge in [0, 0.05) is 20.6 Å². The summed E-state index contributed by atoms with van der Waals surface area (Å²) in [7, 11) is 1.55. The summed E-state index contributed by atoms with van der Waals surface area (Å²) < 4.78 is 19.5. The minimum atomic E-state index is -0.996. The summed E-state index contributed by atoms with van der Waals surface area (Å²) in [5.74, 6) is 0.161. The van der Waals surface area contributed by atoms with Crippen LogP contribution in [0.2, 0.25) is 5.02 Å². The first-order valence-corrected chi connectivity index (χ1v) is 7.50. The maximum absolute atomic E-state index is 13.2. The standard InChI is InChI=1S/C16H15BrClFO2/c1-8-6-12(17)9(2)14(16(8)21-3)15(20)11-5-4-10(19)7-13(11)18/h4-7,15,20H,1-3H3. The van der Waals surface area contributed by atoms with E-state index in [1.54, 1.807) is 7.11 Å². The third-order valence-corrected chi connectivity index (χ3v) is 4.59. The monoisotopic (exact) mass is 372 g/mol. The molecule has 112 valence electrons. The zero-order chi connectivity index (χ0) is 15.7. The molecule has 0 aliphatic heterocycles. The van der Waals surface area contributed by atoms with Gasteiger partial charge in [-0.15, -0.1) is 0 Å². The van der Waals surface area contributed by atoms with Crippen molar-refractivity contribution in [2.45, 2.75) is 20.0 Å². The lowest BCUT2D eigenvalue weighted by molar-refractivity contribution is 0.213. The van der Waals surface area contributed by atoms with Crippen molar-refractivity contribution < 1.29 is 14.2 Å². The van der Waals surface area contributed by atoms with E-state index in [0.29, 0.717) is 16.9 Å². The fourth-order valence-corrected chi connectivity index (χ4v) is 3.18. The fourth-order valence-electron chi connectivity index (χ4n) is 2.35. The number of ether oxygens (including phenoxy) is 1. The van der Waals surface area contributed by atoms with Gasteiger partial charge >= 0.3 is 0 Å². The van der Waals surface area contributed by atoms with E-state index in [2.05, 4.69) is 15.9 Å². The largest absolute Gasteiger partial charge is 0.496 e. The summed E-state index contributed by atoms with van der Waals surface area (Å²) in [6.07, 6.45) is -0.996. The zero-order valence-corrected chi connectivity index (χ0v) is 14.2. The Morgan fingerprint density at radius 1 is 1.29 bits per heavy atom. The van der Waals surface area contributed by atoms with Gasteiger partial charge in [-0.05, 0) is 43.2 Å². The van der Waals surface area contributed by atoms with Crippen LogP contribution in [0.4, 0.5) is 4.39 Å². The van der Waals surface area contributed by atoms with Gasteiger partial charge < -0.3 is 9.84 Å². The van der Waals surface area contributed by atoms with Gasteiger partial charge in [-0.3, -0.25) is 0 Å². The lowest BCUT2D eigenvalue weighted by Crippen LogP contribution is -2.07. The Morgan fingerprint density at radius 3 is 2.52 bits per heavy atom. The number of rotatable bonds is 3. The Balaban J connectivity index is 2.65. The molecule has 5 heteroatoms. The van der Waals surface area contributed by atoms with Crippen molar-refractivity contribution in [1.29, 1.82) is 0 Å². The predicted molar refractivity (Wildman–Crippen MR) is 85.6 cm³/mol. The molecular formula is C16H15BrClFO2. The Kier molecular flexibility index (Phi) is 4.91. The quantitative estimate of drug-likeness (QED) is 0.825. The van der Waals surface area contributed by atoms with Crippen LogP contribution in [0.1, 0.15) is 28.4 Å². The Bertz CT molecular complexity index is 688. The third-order valence-electron chi connectivity index (χ3n) is 3.44. The molecule has 2 aromatic rings. The molecule has 0 amide bonds. The van der Waals surface area contributed by atoms with Crippen LogP contribution in [0.3, 0.4) is 0 Å². The van der Waals surface area contributed by atoms with Crippen molar-refractivity contribution in [2.75, 3.05) is 7.11 Å². The summed E-state index contributed by atoms with van der Waals surface area (Å²) in [6, 6.07) is 5.87. The third kappa shape index (κ3) is 3.07. The van der Waals surface area contributed by atoms with Gasteiger partial charge in [0.25, 0.3) is 0 Å². The van der Waals surface area contributed by atoms with E-state index in [9.17, 15) is 9.50 Å². The number of aliphatic hydroxyl groups is 1. The maximum Gasteiger partial charge on any atom is 0.128 e. The number of methoxy groups -OCH3 is 1. The highest BCUT2D eigenvalue weighted by Crippen LogP contribution is 2.40. The second-order valence-electron chi connectivity index (χ2n) is 4.82. The van der Waals surface area contributed by atoms with Crippen LogP contribution in [0.25, 0.3) is 0 Å². The number of hydrogen-bond acceptors (Lipinski definition) is 2. The van der Waals surface area contributed by atoms with Crippen LogP contribution in [0.5, 0.6) is 5.75 Å². The summed E-state index contributed by atoms with van der Waals surface area (Å²) in [4.78, 5) is 0. The van der Waals surface area contributed by atoms with Crippen LogP contribution in [-0.2, 0) is 0 Å². The van der Waals surface area contributed by atoms with Gasteiger partial charge in [-0.2, -0.15) is 0 Å². The number of benzene rings is 2. The van der Waals surface area contributed by atoms with E-state index >= 15 is 0 Å². The lowest BCUT2D eigenvalue weighted by Gasteiger charge is -2.21. The lowest BCUT2D eigenvalue weighted by atomic mass is 9.94. The minimum Gasteiger partial charge on any atom is -0.496 e. The first kappa shape index (κ1) is 16.3. The summed E-state index contributed by atoms with van der Waals surface area (Å²) in [5, 5.41) is 10.9. The van der Waals surface area contributed by atoms with E-state index in [1.165, 1.54) is 18.2 Å². The number of halogens is 3. The molecule has 0 aliphatic rings. The van der Waals surface area contributed by atoms with Crippen molar-refractivity contribution in [3.63, 3.8) is 0 Å². The molecule has 0 bridgehead atoms. The van der Waals surface area contributed by atoms with E-state index in [0.717, 1.165) is 15.6 Å². The highest BCUT2D eigenvalue weighted by atomic mass is 79.9. The molecule has 0 aliphatic carbocycles. The van der Waals surface area contributed by atoms with Crippen LogP contribution >= 0.6 is 27.5 Å². The zero-order valence-electron chi connectivity index (χ0n) is 11.9. The van der Waals surface area contributed by atoms with Crippen molar-refractivity contribution in [3.05, 3.63) is 61.8 Å². The molecular weight excluding hydrogens is 359 g/mol.